The number of nitrogens with two attached hydrogens (primary N) is 1. The van der Waals surface area contributed by atoms with Crippen molar-refractivity contribution >= 4 is 16.7 Å². The molecule has 3 N–H and O–H groups in total. The van der Waals surface area contributed by atoms with Crippen molar-refractivity contribution in [2.45, 2.75) is 44.2 Å². The van der Waals surface area contributed by atoms with Crippen molar-refractivity contribution < 1.29 is 4.39 Å². The van der Waals surface area contributed by atoms with E-state index in [9.17, 15) is 0 Å². The fourth-order valence-corrected chi connectivity index (χ4v) is 4.57. The molecular weight excluding hydrogens is 409 g/mol. The molecule has 1 aliphatic carbocycles. The van der Waals surface area contributed by atoms with Crippen LogP contribution in [-0.4, -0.2) is 54.3 Å². The predicted molar refractivity (Wildman–Crippen MR) is 120 cm³/mol. The molecule has 0 spiro atoms. The van der Waals surface area contributed by atoms with E-state index in [1.165, 1.54) is 6.07 Å². The molecule has 0 saturated heterocycles. The van der Waals surface area contributed by atoms with Gasteiger partial charge in [-0.3, -0.25) is 9.78 Å². The van der Waals surface area contributed by atoms with Crippen molar-refractivity contribution in [3.8, 4) is 22.5 Å². The number of hydrogen-bond donors (Lipinski definition) is 2. The average Bonchev–Trinajstić information content (AvgIpc) is 3.38. The highest BCUT2D eigenvalue weighted by molar-refractivity contribution is 6.01. The Hall–Kier alpha value is -3.40. The fourth-order valence-electron chi connectivity index (χ4n) is 4.57. The molecule has 1 fully saturated rings. The maximum atomic E-state index is 15.2. The molecule has 0 bridgehead atoms. The Balaban J connectivity index is 1.48. The summed E-state index contributed by atoms with van der Waals surface area (Å²) in [7, 11) is 3.80. The van der Waals surface area contributed by atoms with E-state index < -0.39 is 0 Å². The van der Waals surface area contributed by atoms with Crippen LogP contribution in [0, 0.1) is 5.82 Å². The summed E-state index contributed by atoms with van der Waals surface area (Å²) < 4.78 is 16.8. The molecule has 4 aromatic rings. The van der Waals surface area contributed by atoms with E-state index in [1.54, 1.807) is 36.5 Å². The molecule has 1 aromatic carbocycles. The molecule has 5 rings (SSSR count). The van der Waals surface area contributed by atoms with Gasteiger partial charge in [0.15, 0.2) is 11.6 Å². The first kappa shape index (κ1) is 20.5. The van der Waals surface area contributed by atoms with Gasteiger partial charge in [-0.2, -0.15) is 10.2 Å². The van der Waals surface area contributed by atoms with Crippen LogP contribution in [0.4, 0.5) is 10.2 Å². The van der Waals surface area contributed by atoms with Crippen LogP contribution in [0.5, 0.6) is 0 Å². The fraction of sp³-hybridized carbons (Fsp3) is 0.409. The van der Waals surface area contributed by atoms with Gasteiger partial charge in [-0.1, -0.05) is 12.8 Å². The van der Waals surface area contributed by atoms with Gasteiger partial charge in [0.2, 0.25) is 0 Å². The van der Waals surface area contributed by atoms with Crippen LogP contribution in [0.1, 0.15) is 32.1 Å². The van der Waals surface area contributed by atoms with Gasteiger partial charge in [-0.25, -0.2) is 9.37 Å². The Morgan fingerprint density at radius 1 is 1.19 bits per heavy atom. The number of aryl methyl sites for hydroxylation is 1. The van der Waals surface area contributed by atoms with Crippen molar-refractivity contribution in [1.29, 1.82) is 0 Å². The summed E-state index contributed by atoms with van der Waals surface area (Å²) in [5.74, 6) is 0.630. The Morgan fingerprint density at radius 3 is 2.78 bits per heavy atom. The quantitative estimate of drug-likeness (QED) is 0.474. The summed E-state index contributed by atoms with van der Waals surface area (Å²) in [4.78, 5) is 6.61. The smallest absolute Gasteiger partial charge is 0.184 e. The van der Waals surface area contributed by atoms with Crippen LogP contribution >= 0.6 is 0 Å². The summed E-state index contributed by atoms with van der Waals surface area (Å²) in [6.07, 6.45) is 12.1. The van der Waals surface area contributed by atoms with E-state index in [0.29, 0.717) is 45.3 Å². The van der Waals surface area contributed by atoms with Gasteiger partial charge in [-0.05, 0) is 25.3 Å². The van der Waals surface area contributed by atoms with Crippen LogP contribution in [0.2, 0.25) is 0 Å². The van der Waals surface area contributed by atoms with Crippen LogP contribution in [0.15, 0.2) is 30.9 Å². The molecule has 32 heavy (non-hydrogen) atoms. The van der Waals surface area contributed by atoms with E-state index in [-0.39, 0.29) is 11.9 Å². The zero-order valence-corrected chi connectivity index (χ0v) is 18.2. The molecule has 3 heterocycles. The third-order valence-electron chi connectivity index (χ3n) is 6.32. The van der Waals surface area contributed by atoms with Crippen LogP contribution in [-0.2, 0) is 7.05 Å². The molecule has 3 aromatic heterocycles. The first-order valence-electron chi connectivity index (χ1n) is 10.8. The van der Waals surface area contributed by atoms with E-state index in [4.69, 9.17) is 5.73 Å². The predicted octanol–water partition coefficient (Wildman–Crippen LogP) is 3.05. The number of fused-ring (bicyclic) bond motifs is 1. The monoisotopic (exact) mass is 435 g/mol. The summed E-state index contributed by atoms with van der Waals surface area (Å²) in [6.45, 7) is 0. The molecule has 9 nitrogen and oxygen atoms in total. The van der Waals surface area contributed by atoms with E-state index in [0.717, 1.165) is 32.1 Å². The zero-order chi connectivity index (χ0) is 22.2. The minimum Gasteiger partial charge on any atom is -0.354 e. The second kappa shape index (κ2) is 8.27. The largest absolute Gasteiger partial charge is 0.354 e. The molecular formula is C22H26FN9. The minimum absolute atomic E-state index is 0.208. The second-order valence-corrected chi connectivity index (χ2v) is 8.53. The molecule has 2 atom stereocenters. The highest BCUT2D eigenvalue weighted by Gasteiger charge is 2.23. The standard InChI is InChI=1S/C22H26FN9/c1-31-12-13(9-27-31)20-17-10-26-29-21(17)16(8-18(20)23)22-25-11-19(28-30-22)32(2)15-6-4-3-5-14(24)7-15/h8-12,14-15H,3-7,24H2,1-2H3,(H,26,29). The third kappa shape index (κ3) is 3.70. The third-order valence-corrected chi connectivity index (χ3v) is 6.32. The number of anilines is 1. The van der Waals surface area contributed by atoms with Gasteiger partial charge in [0.1, 0.15) is 5.82 Å². The lowest BCUT2D eigenvalue weighted by Crippen LogP contribution is -2.36. The summed E-state index contributed by atoms with van der Waals surface area (Å²) in [6, 6.07) is 1.94. The van der Waals surface area contributed by atoms with Crippen LogP contribution < -0.4 is 10.6 Å². The van der Waals surface area contributed by atoms with Gasteiger partial charge < -0.3 is 10.6 Å². The van der Waals surface area contributed by atoms with Crippen LogP contribution in [0.25, 0.3) is 33.4 Å². The number of benzene rings is 1. The number of H-pyrrole nitrogens is 1. The molecule has 166 valence electrons. The number of nitrogens with one attached hydrogen (secondary N) is 1. The summed E-state index contributed by atoms with van der Waals surface area (Å²) in [5, 5.41) is 20.6. The second-order valence-electron chi connectivity index (χ2n) is 8.53. The first-order chi connectivity index (χ1) is 15.5. The van der Waals surface area contributed by atoms with Crippen molar-refractivity contribution in [2.75, 3.05) is 11.9 Å². The minimum atomic E-state index is -0.390. The topological polar surface area (TPSA) is 114 Å². The molecule has 2 unspecified atom stereocenters. The van der Waals surface area contributed by atoms with Crippen molar-refractivity contribution in [2.24, 2.45) is 12.8 Å². The number of aromatic nitrogens is 7. The maximum absolute atomic E-state index is 15.2. The van der Waals surface area contributed by atoms with E-state index in [1.807, 2.05) is 7.05 Å². The van der Waals surface area contributed by atoms with Gasteiger partial charge >= 0.3 is 0 Å². The molecule has 0 amide bonds. The number of rotatable bonds is 4. The molecule has 1 aliphatic rings. The molecule has 0 aliphatic heterocycles. The lowest BCUT2D eigenvalue weighted by molar-refractivity contribution is 0.507. The molecule has 0 radical (unpaired) electrons. The molecule has 1 saturated carbocycles. The lowest BCUT2D eigenvalue weighted by atomic mass is 10.0. The summed E-state index contributed by atoms with van der Waals surface area (Å²) >= 11 is 0. The Labute approximate surface area is 184 Å². The number of nitrogens with zero attached hydrogens (tertiary/aromatic N) is 7. The highest BCUT2D eigenvalue weighted by atomic mass is 19.1. The van der Waals surface area contributed by atoms with Gasteiger partial charge in [-0.15, -0.1) is 10.2 Å². The zero-order valence-electron chi connectivity index (χ0n) is 18.2. The van der Waals surface area contributed by atoms with Gasteiger partial charge in [0.05, 0.1) is 24.1 Å². The first-order valence-corrected chi connectivity index (χ1v) is 10.8. The van der Waals surface area contributed by atoms with Crippen molar-refractivity contribution in [3.05, 3.63) is 36.7 Å². The Bertz CT molecular complexity index is 1230. The van der Waals surface area contributed by atoms with E-state index in [2.05, 4.69) is 35.4 Å². The number of aromatic amines is 1. The Morgan fingerprint density at radius 2 is 2.03 bits per heavy atom. The SMILES string of the molecule is CN(c1cnc(-c2cc(F)c(-c3cnn(C)c3)c3cn[nH]c23)nn1)C1CCCCC(N)C1. The highest BCUT2D eigenvalue weighted by Crippen LogP contribution is 2.35. The molecule has 10 heteroatoms. The van der Waals surface area contributed by atoms with Crippen molar-refractivity contribution in [3.63, 3.8) is 0 Å². The summed E-state index contributed by atoms with van der Waals surface area (Å²) in [5.41, 5.74) is 8.52. The number of hydrogen-bond acceptors (Lipinski definition) is 7. The number of halogens is 1. The van der Waals surface area contributed by atoms with E-state index >= 15 is 4.39 Å². The van der Waals surface area contributed by atoms with Crippen molar-refractivity contribution in [1.82, 2.24) is 35.2 Å². The lowest BCUT2D eigenvalue weighted by Gasteiger charge is -2.28. The van der Waals surface area contributed by atoms with Crippen LogP contribution in [0.3, 0.4) is 0 Å². The normalized spacial score (nSPS) is 19.2. The van der Waals surface area contributed by atoms with Gasteiger partial charge in [0.25, 0.3) is 0 Å². The average molecular weight is 436 g/mol. The Kier molecular flexibility index (Phi) is 5.30. The van der Waals surface area contributed by atoms with Gasteiger partial charge in [0, 0.05) is 54.5 Å². The maximum Gasteiger partial charge on any atom is 0.184 e.